The minimum absolute atomic E-state index is 0.0734. The fourth-order valence-corrected chi connectivity index (χ4v) is 5.08. The highest BCUT2D eigenvalue weighted by Gasteiger charge is 2.47. The second-order valence-corrected chi connectivity index (χ2v) is 7.84. The van der Waals surface area contributed by atoms with Crippen LogP contribution in [0.5, 0.6) is 0 Å². The van der Waals surface area contributed by atoms with Gasteiger partial charge in [0, 0.05) is 18.1 Å². The first-order chi connectivity index (χ1) is 7.38. The van der Waals surface area contributed by atoms with E-state index in [1.807, 2.05) is 7.05 Å². The molecule has 0 bridgehead atoms. The Bertz CT molecular complexity index is 360. The van der Waals surface area contributed by atoms with Gasteiger partial charge in [0.05, 0.1) is 11.5 Å². The van der Waals surface area contributed by atoms with Crippen molar-refractivity contribution < 1.29 is 8.42 Å². The summed E-state index contributed by atoms with van der Waals surface area (Å²) in [6.45, 7) is 2.87. The van der Waals surface area contributed by atoms with Crippen LogP contribution in [0.25, 0.3) is 0 Å². The van der Waals surface area contributed by atoms with Gasteiger partial charge < -0.3 is 5.73 Å². The average molecular weight is 246 g/mol. The summed E-state index contributed by atoms with van der Waals surface area (Å²) in [7, 11) is -0.743. The molecule has 2 rings (SSSR count). The minimum atomic E-state index is -2.79. The molecule has 1 saturated heterocycles. The second-order valence-electron chi connectivity index (χ2n) is 5.61. The third-order valence-corrected chi connectivity index (χ3v) is 6.09. The van der Waals surface area contributed by atoms with Crippen LogP contribution in [-0.2, 0) is 9.84 Å². The molecule has 2 N–H and O–H groups in total. The highest BCUT2D eigenvalue weighted by Crippen LogP contribution is 2.42. The monoisotopic (exact) mass is 246 g/mol. The Labute approximate surface area is 98.1 Å². The van der Waals surface area contributed by atoms with Crippen LogP contribution in [0.1, 0.15) is 26.2 Å². The largest absolute Gasteiger partial charge is 0.329 e. The lowest BCUT2D eigenvalue weighted by Crippen LogP contribution is -2.62. The van der Waals surface area contributed by atoms with Crippen molar-refractivity contribution in [3.8, 4) is 0 Å². The maximum absolute atomic E-state index is 11.5. The summed E-state index contributed by atoms with van der Waals surface area (Å²) in [5, 5.41) is 0. The van der Waals surface area contributed by atoms with Crippen molar-refractivity contribution in [1.29, 1.82) is 0 Å². The van der Waals surface area contributed by atoms with Gasteiger partial charge in [0.1, 0.15) is 0 Å². The maximum atomic E-state index is 11.5. The molecule has 4 nitrogen and oxygen atoms in total. The van der Waals surface area contributed by atoms with Gasteiger partial charge in [-0.1, -0.05) is 6.92 Å². The van der Waals surface area contributed by atoms with Crippen molar-refractivity contribution in [3.63, 3.8) is 0 Å². The molecule has 0 spiro atoms. The summed E-state index contributed by atoms with van der Waals surface area (Å²) in [5.74, 6) is 1.39. The molecule has 1 aliphatic heterocycles. The molecule has 1 atom stereocenters. The smallest absolute Gasteiger partial charge is 0.151 e. The topological polar surface area (TPSA) is 63.4 Å². The lowest BCUT2D eigenvalue weighted by atomic mass is 9.67. The zero-order valence-corrected chi connectivity index (χ0v) is 11.0. The lowest BCUT2D eigenvalue weighted by molar-refractivity contribution is -0.0160. The van der Waals surface area contributed by atoms with E-state index >= 15 is 0 Å². The zero-order valence-electron chi connectivity index (χ0n) is 10.1. The lowest BCUT2D eigenvalue weighted by Gasteiger charge is -2.53. The predicted molar refractivity (Wildman–Crippen MR) is 65.0 cm³/mol. The van der Waals surface area contributed by atoms with Crippen molar-refractivity contribution >= 4 is 9.84 Å². The molecular weight excluding hydrogens is 224 g/mol. The third kappa shape index (κ3) is 2.00. The number of sulfone groups is 1. The summed E-state index contributed by atoms with van der Waals surface area (Å²) >= 11 is 0. The van der Waals surface area contributed by atoms with E-state index in [2.05, 4.69) is 11.8 Å². The summed E-state index contributed by atoms with van der Waals surface area (Å²) in [4.78, 5) is 2.25. The first-order valence-electron chi connectivity index (χ1n) is 6.02. The fraction of sp³-hybridized carbons (Fsp3) is 1.00. The van der Waals surface area contributed by atoms with E-state index in [1.165, 1.54) is 0 Å². The van der Waals surface area contributed by atoms with Crippen LogP contribution in [0.15, 0.2) is 0 Å². The maximum Gasteiger partial charge on any atom is 0.151 e. The van der Waals surface area contributed by atoms with E-state index < -0.39 is 9.84 Å². The van der Waals surface area contributed by atoms with Crippen molar-refractivity contribution in [3.05, 3.63) is 0 Å². The van der Waals surface area contributed by atoms with E-state index in [4.69, 9.17) is 5.73 Å². The number of hydrogen-bond donors (Lipinski definition) is 1. The number of rotatable bonds is 3. The quantitative estimate of drug-likeness (QED) is 0.774. The standard InChI is InChI=1S/C11H22N2O2S/c1-9-5-11(6-9,8-12)13(2)10-3-4-16(14,15)7-10/h9-10H,3-8,12H2,1-2H3. The normalized spacial score (nSPS) is 42.2. The molecule has 2 aliphatic rings. The molecular formula is C11H22N2O2S. The van der Waals surface area contributed by atoms with Crippen LogP contribution < -0.4 is 5.73 Å². The SMILES string of the molecule is CC1CC(CN)(N(C)C2CCS(=O)(=O)C2)C1. The van der Waals surface area contributed by atoms with Gasteiger partial charge in [-0.15, -0.1) is 0 Å². The molecule has 1 unspecified atom stereocenters. The van der Waals surface area contributed by atoms with Gasteiger partial charge in [-0.2, -0.15) is 0 Å². The number of nitrogens with two attached hydrogens (primary N) is 1. The van der Waals surface area contributed by atoms with Gasteiger partial charge in [-0.25, -0.2) is 8.42 Å². The van der Waals surface area contributed by atoms with Crippen molar-refractivity contribution in [2.45, 2.75) is 37.8 Å². The van der Waals surface area contributed by atoms with Crippen molar-refractivity contribution in [2.75, 3.05) is 25.1 Å². The van der Waals surface area contributed by atoms with Gasteiger partial charge in [-0.3, -0.25) is 4.90 Å². The van der Waals surface area contributed by atoms with Crippen LogP contribution in [-0.4, -0.2) is 50.0 Å². The van der Waals surface area contributed by atoms with Crippen LogP contribution in [0.4, 0.5) is 0 Å². The summed E-state index contributed by atoms with van der Waals surface area (Å²) < 4.78 is 22.9. The Morgan fingerprint density at radius 2 is 2.06 bits per heavy atom. The van der Waals surface area contributed by atoms with Crippen LogP contribution in [0.2, 0.25) is 0 Å². The summed E-state index contributed by atoms with van der Waals surface area (Å²) in [5.41, 5.74) is 5.95. The molecule has 0 aromatic heterocycles. The molecule has 0 amide bonds. The van der Waals surface area contributed by atoms with E-state index in [1.54, 1.807) is 0 Å². The molecule has 94 valence electrons. The van der Waals surface area contributed by atoms with Gasteiger partial charge >= 0.3 is 0 Å². The first-order valence-corrected chi connectivity index (χ1v) is 7.84. The van der Waals surface area contributed by atoms with Gasteiger partial charge in [-0.05, 0) is 32.2 Å². The molecule has 0 aromatic rings. The Hall–Kier alpha value is -0.130. The van der Waals surface area contributed by atoms with Crippen molar-refractivity contribution in [2.24, 2.45) is 11.7 Å². The Morgan fingerprint density at radius 3 is 2.44 bits per heavy atom. The van der Waals surface area contributed by atoms with Crippen LogP contribution in [0, 0.1) is 5.92 Å². The van der Waals surface area contributed by atoms with Crippen LogP contribution in [0.3, 0.4) is 0 Å². The minimum Gasteiger partial charge on any atom is -0.329 e. The molecule has 16 heavy (non-hydrogen) atoms. The highest BCUT2D eigenvalue weighted by atomic mass is 32.2. The van der Waals surface area contributed by atoms with E-state index in [0.29, 0.717) is 18.1 Å². The molecule has 1 saturated carbocycles. The van der Waals surface area contributed by atoms with Gasteiger partial charge in [0.15, 0.2) is 9.84 Å². The molecule has 5 heteroatoms. The average Bonchev–Trinajstić information content (AvgIpc) is 2.52. The van der Waals surface area contributed by atoms with Crippen molar-refractivity contribution in [1.82, 2.24) is 4.90 Å². The Balaban J connectivity index is 2.05. The second kappa shape index (κ2) is 3.96. The number of hydrogen-bond acceptors (Lipinski definition) is 4. The fourth-order valence-electron chi connectivity index (χ4n) is 3.30. The summed E-state index contributed by atoms with van der Waals surface area (Å²) in [6.07, 6.45) is 2.99. The summed E-state index contributed by atoms with van der Waals surface area (Å²) in [6, 6.07) is 0.182. The molecule has 1 aliphatic carbocycles. The Morgan fingerprint density at radius 1 is 1.44 bits per heavy atom. The van der Waals surface area contributed by atoms with E-state index in [9.17, 15) is 8.42 Å². The van der Waals surface area contributed by atoms with Gasteiger partial charge in [0.2, 0.25) is 0 Å². The zero-order chi connectivity index (χ0) is 12.0. The Kier molecular flexibility index (Phi) is 3.05. The van der Waals surface area contributed by atoms with Gasteiger partial charge in [0.25, 0.3) is 0 Å². The molecule has 2 fully saturated rings. The van der Waals surface area contributed by atoms with Crippen LogP contribution >= 0.6 is 0 Å². The third-order valence-electron chi connectivity index (χ3n) is 4.34. The molecule has 1 heterocycles. The molecule has 0 radical (unpaired) electrons. The predicted octanol–water partition coefficient (Wildman–Crippen LogP) is 0.233. The number of likely N-dealkylation sites (N-methyl/N-ethyl adjacent to an activating group) is 1. The number of nitrogens with zero attached hydrogens (tertiary/aromatic N) is 1. The first kappa shape index (κ1) is 12.3. The highest BCUT2D eigenvalue weighted by molar-refractivity contribution is 7.91. The van der Waals surface area contributed by atoms with E-state index in [-0.39, 0.29) is 11.6 Å². The van der Waals surface area contributed by atoms with E-state index in [0.717, 1.165) is 25.2 Å². The molecule has 0 aromatic carbocycles.